The average Bonchev–Trinajstić information content (AvgIpc) is 2.95. The monoisotopic (exact) mass is 338 g/mol. The van der Waals surface area contributed by atoms with E-state index in [1.54, 1.807) is 19.3 Å². The van der Waals surface area contributed by atoms with Gasteiger partial charge >= 0.3 is 0 Å². The van der Waals surface area contributed by atoms with E-state index in [1.165, 1.54) is 11.0 Å². The number of carbonyl (C=O) groups excluding carboxylic acids is 1. The fourth-order valence-electron chi connectivity index (χ4n) is 1.58. The van der Waals surface area contributed by atoms with Crippen molar-refractivity contribution in [2.24, 2.45) is 0 Å². The molecule has 2 N–H and O–H groups in total. The summed E-state index contributed by atoms with van der Waals surface area (Å²) in [5.74, 6) is 1.04. The van der Waals surface area contributed by atoms with Gasteiger partial charge in [-0.15, -0.1) is 0 Å². The minimum Gasteiger partial charge on any atom is -0.369 e. The second-order valence-corrected chi connectivity index (χ2v) is 4.80. The second kappa shape index (κ2) is 6.47. The molecule has 0 spiro atoms. The number of amides is 1. The van der Waals surface area contributed by atoms with Crippen molar-refractivity contribution >= 4 is 27.7 Å². The number of nitrogens with zero attached hydrogens (tertiary/aromatic N) is 4. The predicted molar refractivity (Wildman–Crippen MR) is 79.0 cm³/mol. The van der Waals surface area contributed by atoms with Crippen LogP contribution in [0.1, 0.15) is 23.8 Å². The van der Waals surface area contributed by atoms with Crippen molar-refractivity contribution in [2.75, 3.05) is 18.9 Å². The summed E-state index contributed by atoms with van der Waals surface area (Å²) < 4.78 is 2.24. The SMILES string of the molecule is CCCNc1ncnc(-n2ccc(C(=O)NC)n2)c1Br. The van der Waals surface area contributed by atoms with E-state index in [1.807, 2.05) is 0 Å². The lowest BCUT2D eigenvalue weighted by Crippen LogP contribution is -2.18. The molecule has 2 aromatic heterocycles. The summed E-state index contributed by atoms with van der Waals surface area (Å²) in [5, 5.41) is 9.91. The van der Waals surface area contributed by atoms with E-state index in [0.29, 0.717) is 21.8 Å². The number of nitrogens with one attached hydrogen (secondary N) is 2. The number of aromatic nitrogens is 4. The van der Waals surface area contributed by atoms with Gasteiger partial charge in [-0.25, -0.2) is 14.6 Å². The maximum absolute atomic E-state index is 11.5. The van der Waals surface area contributed by atoms with Gasteiger partial charge in [0.1, 0.15) is 16.6 Å². The molecule has 0 fully saturated rings. The molecular weight excluding hydrogens is 324 g/mol. The van der Waals surface area contributed by atoms with Crippen LogP contribution in [0.3, 0.4) is 0 Å². The molecule has 2 aromatic rings. The summed E-state index contributed by atoms with van der Waals surface area (Å²) in [4.78, 5) is 19.9. The van der Waals surface area contributed by atoms with Crippen LogP contribution in [0.15, 0.2) is 23.1 Å². The molecule has 2 rings (SSSR count). The van der Waals surface area contributed by atoms with Gasteiger partial charge < -0.3 is 10.6 Å². The zero-order valence-electron chi connectivity index (χ0n) is 11.2. The van der Waals surface area contributed by atoms with E-state index in [2.05, 4.69) is 48.6 Å². The van der Waals surface area contributed by atoms with E-state index < -0.39 is 0 Å². The van der Waals surface area contributed by atoms with Crippen molar-refractivity contribution in [3.05, 3.63) is 28.8 Å². The molecule has 0 saturated heterocycles. The lowest BCUT2D eigenvalue weighted by Gasteiger charge is -2.09. The van der Waals surface area contributed by atoms with Crippen LogP contribution >= 0.6 is 15.9 Å². The fraction of sp³-hybridized carbons (Fsp3) is 0.333. The van der Waals surface area contributed by atoms with E-state index >= 15 is 0 Å². The van der Waals surface area contributed by atoms with Crippen molar-refractivity contribution in [1.29, 1.82) is 0 Å². The molecule has 0 atom stereocenters. The molecule has 8 heteroatoms. The highest BCUT2D eigenvalue weighted by Gasteiger charge is 2.13. The Labute approximate surface area is 124 Å². The molecule has 1 amide bonds. The highest BCUT2D eigenvalue weighted by molar-refractivity contribution is 9.10. The third-order valence-electron chi connectivity index (χ3n) is 2.58. The summed E-state index contributed by atoms with van der Waals surface area (Å²) in [6.07, 6.45) is 4.13. The molecule has 0 radical (unpaired) electrons. The maximum atomic E-state index is 11.5. The first-order chi connectivity index (χ1) is 9.67. The zero-order valence-corrected chi connectivity index (χ0v) is 12.8. The molecule has 106 valence electrons. The average molecular weight is 339 g/mol. The van der Waals surface area contributed by atoms with Gasteiger partial charge in [0.25, 0.3) is 5.91 Å². The fourth-order valence-corrected chi connectivity index (χ4v) is 2.10. The van der Waals surface area contributed by atoms with E-state index in [4.69, 9.17) is 0 Å². The van der Waals surface area contributed by atoms with Crippen LogP contribution in [0.4, 0.5) is 5.82 Å². The minimum atomic E-state index is -0.238. The molecule has 0 aromatic carbocycles. The highest BCUT2D eigenvalue weighted by atomic mass is 79.9. The summed E-state index contributed by atoms with van der Waals surface area (Å²) in [6.45, 7) is 2.89. The molecule has 2 heterocycles. The number of halogens is 1. The quantitative estimate of drug-likeness (QED) is 0.865. The van der Waals surface area contributed by atoms with Crippen LogP contribution in [0.5, 0.6) is 0 Å². The van der Waals surface area contributed by atoms with Crippen LogP contribution in [0.25, 0.3) is 5.82 Å². The molecule has 0 aliphatic rings. The first-order valence-electron chi connectivity index (χ1n) is 6.19. The van der Waals surface area contributed by atoms with Crippen molar-refractivity contribution in [3.8, 4) is 5.82 Å². The molecule has 7 nitrogen and oxygen atoms in total. The van der Waals surface area contributed by atoms with Crippen LogP contribution in [0, 0.1) is 0 Å². The predicted octanol–water partition coefficient (Wildman–Crippen LogP) is 1.61. The maximum Gasteiger partial charge on any atom is 0.271 e. The third-order valence-corrected chi connectivity index (χ3v) is 3.31. The van der Waals surface area contributed by atoms with Crippen LogP contribution in [-0.2, 0) is 0 Å². The summed E-state index contributed by atoms with van der Waals surface area (Å²) in [7, 11) is 1.56. The van der Waals surface area contributed by atoms with Crippen LogP contribution in [0.2, 0.25) is 0 Å². The second-order valence-electron chi connectivity index (χ2n) is 4.01. The van der Waals surface area contributed by atoms with Crippen LogP contribution in [-0.4, -0.2) is 39.2 Å². The van der Waals surface area contributed by atoms with Gasteiger partial charge in [0.05, 0.1) is 0 Å². The Morgan fingerprint density at radius 2 is 2.25 bits per heavy atom. The van der Waals surface area contributed by atoms with Crippen molar-refractivity contribution in [3.63, 3.8) is 0 Å². The van der Waals surface area contributed by atoms with Gasteiger partial charge in [-0.3, -0.25) is 4.79 Å². The first-order valence-corrected chi connectivity index (χ1v) is 6.99. The summed E-state index contributed by atoms with van der Waals surface area (Å²) >= 11 is 3.46. The largest absolute Gasteiger partial charge is 0.369 e. The van der Waals surface area contributed by atoms with Crippen LogP contribution < -0.4 is 10.6 Å². The Bertz CT molecular complexity index is 612. The van der Waals surface area contributed by atoms with Gasteiger partial charge in [0.15, 0.2) is 11.5 Å². The van der Waals surface area contributed by atoms with Gasteiger partial charge in [-0.2, -0.15) is 5.10 Å². The zero-order chi connectivity index (χ0) is 14.5. The highest BCUT2D eigenvalue weighted by Crippen LogP contribution is 2.25. The standard InChI is InChI=1S/C12H15BrN6O/c1-3-5-15-10-9(13)11(17-7-16-10)19-6-4-8(18-19)12(20)14-2/h4,6-7H,3,5H2,1-2H3,(H,14,20)(H,15,16,17). The molecule has 0 bridgehead atoms. The van der Waals surface area contributed by atoms with E-state index in [9.17, 15) is 4.79 Å². The van der Waals surface area contributed by atoms with Crippen molar-refractivity contribution in [1.82, 2.24) is 25.1 Å². The summed E-state index contributed by atoms with van der Waals surface area (Å²) in [5.41, 5.74) is 0.334. The minimum absolute atomic E-state index is 0.238. The Morgan fingerprint density at radius 1 is 1.45 bits per heavy atom. The number of hydrogen-bond acceptors (Lipinski definition) is 5. The lowest BCUT2D eigenvalue weighted by atomic mass is 10.4. The van der Waals surface area contributed by atoms with Gasteiger partial charge in [0.2, 0.25) is 0 Å². The molecule has 20 heavy (non-hydrogen) atoms. The van der Waals surface area contributed by atoms with Gasteiger partial charge in [0, 0.05) is 19.8 Å². The van der Waals surface area contributed by atoms with Gasteiger partial charge in [-0.05, 0) is 28.4 Å². The molecular formula is C12H15BrN6O. The number of anilines is 1. The molecule has 0 aliphatic heterocycles. The normalized spacial score (nSPS) is 10.3. The molecule has 0 saturated carbocycles. The topological polar surface area (TPSA) is 84.7 Å². The number of rotatable bonds is 5. The Morgan fingerprint density at radius 3 is 2.95 bits per heavy atom. The van der Waals surface area contributed by atoms with Gasteiger partial charge in [-0.1, -0.05) is 6.92 Å². The smallest absolute Gasteiger partial charge is 0.271 e. The van der Waals surface area contributed by atoms with Crippen molar-refractivity contribution in [2.45, 2.75) is 13.3 Å². The Kier molecular flexibility index (Phi) is 4.67. The molecule has 0 aliphatic carbocycles. The number of carbonyl (C=O) groups is 1. The third kappa shape index (κ3) is 2.96. The number of hydrogen-bond donors (Lipinski definition) is 2. The Hall–Kier alpha value is -1.96. The summed E-state index contributed by atoms with van der Waals surface area (Å²) in [6, 6.07) is 1.63. The first kappa shape index (κ1) is 14.4. The van der Waals surface area contributed by atoms with E-state index in [0.717, 1.165) is 13.0 Å². The van der Waals surface area contributed by atoms with Crippen molar-refractivity contribution < 1.29 is 4.79 Å². The Balaban J connectivity index is 2.33. The van der Waals surface area contributed by atoms with E-state index in [-0.39, 0.29) is 5.91 Å². The molecule has 0 unspecified atom stereocenters. The lowest BCUT2D eigenvalue weighted by molar-refractivity contribution is 0.0957.